The van der Waals surface area contributed by atoms with Crippen molar-refractivity contribution < 1.29 is 14.0 Å². The minimum atomic E-state index is -0.531. The van der Waals surface area contributed by atoms with Crippen molar-refractivity contribution in [3.63, 3.8) is 0 Å². The molecule has 2 aromatic carbocycles. The number of hydrogen-bond donors (Lipinski definition) is 2. The first kappa shape index (κ1) is 17.1. The summed E-state index contributed by atoms with van der Waals surface area (Å²) in [6.07, 6.45) is 0. The zero-order valence-electron chi connectivity index (χ0n) is 12.8. The van der Waals surface area contributed by atoms with Gasteiger partial charge in [-0.3, -0.25) is 9.59 Å². The van der Waals surface area contributed by atoms with E-state index in [0.29, 0.717) is 15.6 Å². The summed E-state index contributed by atoms with van der Waals surface area (Å²) in [5.41, 5.74) is 0.627. The Kier molecular flexibility index (Phi) is 5.11. The molecule has 0 atom stereocenters. The number of thiophene rings is 1. The molecule has 3 rings (SSSR count). The molecule has 0 aliphatic carbocycles. The first-order chi connectivity index (χ1) is 12.0. The third-order valence-electron chi connectivity index (χ3n) is 3.34. The molecule has 3 aromatic rings. The summed E-state index contributed by atoms with van der Waals surface area (Å²) in [6.45, 7) is 0. The van der Waals surface area contributed by atoms with Gasteiger partial charge < -0.3 is 10.6 Å². The molecule has 1 aromatic heterocycles. The second kappa shape index (κ2) is 7.46. The van der Waals surface area contributed by atoms with E-state index >= 15 is 0 Å². The maximum atomic E-state index is 13.6. The van der Waals surface area contributed by atoms with Crippen LogP contribution in [0.2, 0.25) is 5.02 Å². The van der Waals surface area contributed by atoms with E-state index in [9.17, 15) is 14.0 Å². The Hall–Kier alpha value is -2.70. The zero-order chi connectivity index (χ0) is 17.8. The Balaban J connectivity index is 1.80. The average molecular weight is 375 g/mol. The van der Waals surface area contributed by atoms with Crippen molar-refractivity contribution in [3.8, 4) is 0 Å². The van der Waals surface area contributed by atoms with Crippen LogP contribution in [0.4, 0.5) is 15.8 Å². The van der Waals surface area contributed by atoms with Crippen molar-refractivity contribution >= 4 is 46.1 Å². The Bertz CT molecular complexity index is 929. The highest BCUT2D eigenvalue weighted by molar-refractivity contribution is 7.12. The van der Waals surface area contributed by atoms with E-state index in [1.165, 1.54) is 47.7 Å². The van der Waals surface area contributed by atoms with Crippen LogP contribution in [0.25, 0.3) is 0 Å². The van der Waals surface area contributed by atoms with Crippen LogP contribution >= 0.6 is 22.9 Å². The van der Waals surface area contributed by atoms with Crippen LogP contribution in [-0.2, 0) is 0 Å². The first-order valence-electron chi connectivity index (χ1n) is 7.25. The fraction of sp³-hybridized carbons (Fsp3) is 0. The Morgan fingerprint density at radius 1 is 0.920 bits per heavy atom. The van der Waals surface area contributed by atoms with Gasteiger partial charge in [-0.15, -0.1) is 11.3 Å². The Morgan fingerprint density at radius 2 is 1.68 bits per heavy atom. The minimum Gasteiger partial charge on any atom is -0.320 e. The molecular formula is C18H12ClFN2O2S. The van der Waals surface area contributed by atoms with Crippen molar-refractivity contribution in [2.75, 3.05) is 10.6 Å². The highest BCUT2D eigenvalue weighted by atomic mass is 35.5. The van der Waals surface area contributed by atoms with E-state index in [-0.39, 0.29) is 17.2 Å². The lowest BCUT2D eigenvalue weighted by Gasteiger charge is -2.10. The average Bonchev–Trinajstić information content (AvgIpc) is 3.13. The van der Waals surface area contributed by atoms with Gasteiger partial charge in [-0.05, 0) is 41.8 Å². The van der Waals surface area contributed by atoms with Gasteiger partial charge in [0, 0.05) is 5.56 Å². The van der Waals surface area contributed by atoms with Crippen LogP contribution in [0.15, 0.2) is 60.0 Å². The molecule has 2 amide bonds. The van der Waals surface area contributed by atoms with Crippen LogP contribution in [0.3, 0.4) is 0 Å². The lowest BCUT2D eigenvalue weighted by Crippen LogP contribution is -2.15. The number of halogens is 2. The Labute approximate surface area is 152 Å². The summed E-state index contributed by atoms with van der Waals surface area (Å²) < 4.78 is 13.6. The molecular weight excluding hydrogens is 363 g/mol. The summed E-state index contributed by atoms with van der Waals surface area (Å²) in [5, 5.41) is 7.24. The van der Waals surface area contributed by atoms with Gasteiger partial charge in [0.15, 0.2) is 0 Å². The lowest BCUT2D eigenvalue weighted by atomic mass is 10.1. The van der Waals surface area contributed by atoms with Gasteiger partial charge in [0.05, 0.1) is 21.3 Å². The van der Waals surface area contributed by atoms with Crippen molar-refractivity contribution in [3.05, 3.63) is 81.3 Å². The summed E-state index contributed by atoms with van der Waals surface area (Å²) in [7, 11) is 0. The molecule has 0 bridgehead atoms. The standard InChI is InChI=1S/C18H12ClFN2O2S/c19-12-8-7-11(17(23)21-14-5-2-1-4-13(14)20)10-15(12)22-18(24)16-6-3-9-25-16/h1-10H,(H,21,23)(H,22,24). The topological polar surface area (TPSA) is 58.2 Å². The normalized spacial score (nSPS) is 10.3. The maximum absolute atomic E-state index is 13.6. The number of carbonyl (C=O) groups excluding carboxylic acids is 2. The van der Waals surface area contributed by atoms with E-state index in [1.807, 2.05) is 0 Å². The zero-order valence-corrected chi connectivity index (χ0v) is 14.3. The summed E-state index contributed by atoms with van der Waals surface area (Å²) in [5.74, 6) is -1.35. The largest absolute Gasteiger partial charge is 0.320 e. The summed E-state index contributed by atoms with van der Waals surface area (Å²) in [6, 6.07) is 13.8. The molecule has 2 N–H and O–H groups in total. The molecule has 7 heteroatoms. The molecule has 0 aliphatic rings. The molecule has 0 aliphatic heterocycles. The number of benzene rings is 2. The van der Waals surface area contributed by atoms with E-state index in [2.05, 4.69) is 10.6 Å². The number of carbonyl (C=O) groups is 2. The van der Waals surface area contributed by atoms with E-state index < -0.39 is 11.7 Å². The van der Waals surface area contributed by atoms with Gasteiger partial charge in [0.1, 0.15) is 5.82 Å². The van der Waals surface area contributed by atoms with Gasteiger partial charge in [-0.2, -0.15) is 0 Å². The predicted octanol–water partition coefficient (Wildman–Crippen LogP) is 5.05. The lowest BCUT2D eigenvalue weighted by molar-refractivity contribution is 0.101. The highest BCUT2D eigenvalue weighted by Gasteiger charge is 2.14. The first-order valence-corrected chi connectivity index (χ1v) is 8.50. The molecule has 25 heavy (non-hydrogen) atoms. The van der Waals surface area contributed by atoms with E-state index in [4.69, 9.17) is 11.6 Å². The number of nitrogens with one attached hydrogen (secondary N) is 2. The molecule has 126 valence electrons. The molecule has 1 heterocycles. The van der Waals surface area contributed by atoms with Gasteiger partial charge >= 0.3 is 0 Å². The second-order valence-corrected chi connectivity index (χ2v) is 6.41. The number of hydrogen-bond acceptors (Lipinski definition) is 3. The summed E-state index contributed by atoms with van der Waals surface area (Å²) in [4.78, 5) is 25.0. The van der Waals surface area contributed by atoms with Crippen LogP contribution in [-0.4, -0.2) is 11.8 Å². The third kappa shape index (κ3) is 4.04. The molecule has 0 fully saturated rings. The van der Waals surface area contributed by atoms with E-state index in [1.54, 1.807) is 23.6 Å². The molecule has 0 saturated carbocycles. The second-order valence-electron chi connectivity index (χ2n) is 5.06. The number of para-hydroxylation sites is 1. The minimum absolute atomic E-state index is 0.0756. The fourth-order valence-corrected chi connectivity index (χ4v) is 2.89. The van der Waals surface area contributed by atoms with Crippen molar-refractivity contribution in [2.24, 2.45) is 0 Å². The van der Waals surface area contributed by atoms with Crippen molar-refractivity contribution in [2.45, 2.75) is 0 Å². The van der Waals surface area contributed by atoms with Crippen LogP contribution < -0.4 is 10.6 Å². The molecule has 0 radical (unpaired) electrons. The maximum Gasteiger partial charge on any atom is 0.265 e. The molecule has 0 unspecified atom stereocenters. The third-order valence-corrected chi connectivity index (χ3v) is 4.54. The fourth-order valence-electron chi connectivity index (χ4n) is 2.11. The summed E-state index contributed by atoms with van der Waals surface area (Å²) >= 11 is 7.38. The van der Waals surface area contributed by atoms with Gasteiger partial charge in [0.25, 0.3) is 11.8 Å². The van der Waals surface area contributed by atoms with Crippen LogP contribution in [0, 0.1) is 5.82 Å². The smallest absolute Gasteiger partial charge is 0.265 e. The van der Waals surface area contributed by atoms with Crippen molar-refractivity contribution in [1.82, 2.24) is 0 Å². The molecule has 0 saturated heterocycles. The number of rotatable bonds is 4. The van der Waals surface area contributed by atoms with Crippen LogP contribution in [0.1, 0.15) is 20.0 Å². The quantitative estimate of drug-likeness (QED) is 0.671. The van der Waals surface area contributed by atoms with Gasteiger partial charge in [0.2, 0.25) is 0 Å². The van der Waals surface area contributed by atoms with Gasteiger partial charge in [-0.25, -0.2) is 4.39 Å². The number of anilines is 2. The highest BCUT2D eigenvalue weighted by Crippen LogP contribution is 2.25. The SMILES string of the molecule is O=C(Nc1ccccc1F)c1ccc(Cl)c(NC(=O)c2cccs2)c1. The van der Waals surface area contributed by atoms with Crippen LogP contribution in [0.5, 0.6) is 0 Å². The molecule has 4 nitrogen and oxygen atoms in total. The van der Waals surface area contributed by atoms with E-state index in [0.717, 1.165) is 0 Å². The molecule has 0 spiro atoms. The monoisotopic (exact) mass is 374 g/mol. The van der Waals surface area contributed by atoms with Gasteiger partial charge in [-0.1, -0.05) is 29.8 Å². The predicted molar refractivity (Wildman–Crippen MR) is 98.1 cm³/mol. The Morgan fingerprint density at radius 3 is 2.40 bits per heavy atom. The van der Waals surface area contributed by atoms with Crippen molar-refractivity contribution in [1.29, 1.82) is 0 Å². The number of amides is 2.